The zero-order chi connectivity index (χ0) is 20.5. The highest BCUT2D eigenvalue weighted by atomic mass is 19.1. The Hall–Kier alpha value is -3.73. The number of hydrogen-bond acceptors (Lipinski definition) is 3. The van der Waals surface area contributed by atoms with E-state index in [9.17, 15) is 14.0 Å². The van der Waals surface area contributed by atoms with Crippen molar-refractivity contribution < 1.29 is 18.7 Å². The second kappa shape index (κ2) is 9.99. The van der Waals surface area contributed by atoms with Crippen molar-refractivity contribution in [2.45, 2.75) is 6.42 Å². The first-order valence-corrected chi connectivity index (χ1v) is 9.12. The molecule has 0 unspecified atom stereocenters. The summed E-state index contributed by atoms with van der Waals surface area (Å²) in [6.07, 6.45) is 3.37. The lowest BCUT2D eigenvalue weighted by Gasteiger charge is -2.11. The zero-order valence-electron chi connectivity index (χ0n) is 15.7. The van der Waals surface area contributed by atoms with Gasteiger partial charge in [-0.15, -0.1) is 0 Å². The number of hydrogen-bond donors (Lipinski definition) is 1. The number of halogens is 1. The second-order valence-electron chi connectivity index (χ2n) is 6.36. The first kappa shape index (κ1) is 20.0. The van der Waals surface area contributed by atoms with E-state index in [0.717, 1.165) is 11.1 Å². The summed E-state index contributed by atoms with van der Waals surface area (Å²) in [7, 11) is 0. The van der Waals surface area contributed by atoms with Crippen molar-refractivity contribution in [3.63, 3.8) is 0 Å². The summed E-state index contributed by atoms with van der Waals surface area (Å²) in [5.74, 6) is -1.43. The molecule has 3 aromatic carbocycles. The zero-order valence-corrected chi connectivity index (χ0v) is 15.7. The van der Waals surface area contributed by atoms with Gasteiger partial charge in [-0.25, -0.2) is 9.18 Å². The molecule has 1 N–H and O–H groups in total. The van der Waals surface area contributed by atoms with E-state index in [1.165, 1.54) is 36.4 Å². The Morgan fingerprint density at radius 1 is 0.897 bits per heavy atom. The van der Waals surface area contributed by atoms with E-state index in [2.05, 4.69) is 5.32 Å². The van der Waals surface area contributed by atoms with E-state index in [1.54, 1.807) is 0 Å². The van der Waals surface area contributed by atoms with Crippen LogP contribution in [-0.2, 0) is 20.7 Å². The number of rotatable bonds is 7. The highest BCUT2D eigenvalue weighted by Crippen LogP contribution is 2.19. The minimum Gasteiger partial charge on any atom is -0.452 e. The molecule has 0 radical (unpaired) electrons. The molecule has 146 valence electrons. The van der Waals surface area contributed by atoms with Crippen LogP contribution < -0.4 is 5.32 Å². The number of benzene rings is 3. The van der Waals surface area contributed by atoms with Crippen molar-refractivity contribution >= 4 is 23.6 Å². The van der Waals surface area contributed by atoms with E-state index in [-0.39, 0.29) is 5.82 Å². The van der Waals surface area contributed by atoms with Crippen LogP contribution in [0.25, 0.3) is 6.08 Å². The molecular formula is C24H20FNO3. The molecule has 0 aliphatic carbocycles. The quantitative estimate of drug-likeness (QED) is 0.474. The Balaban J connectivity index is 1.53. The van der Waals surface area contributed by atoms with Gasteiger partial charge in [0.15, 0.2) is 6.61 Å². The lowest BCUT2D eigenvalue weighted by atomic mass is 10.0. The van der Waals surface area contributed by atoms with Crippen molar-refractivity contribution in [3.8, 4) is 0 Å². The van der Waals surface area contributed by atoms with Gasteiger partial charge in [0.25, 0.3) is 5.91 Å². The van der Waals surface area contributed by atoms with Gasteiger partial charge in [-0.3, -0.25) is 4.79 Å². The summed E-state index contributed by atoms with van der Waals surface area (Å²) in [6.45, 7) is -0.397. The highest BCUT2D eigenvalue weighted by Gasteiger charge is 2.09. The molecule has 0 spiro atoms. The maximum Gasteiger partial charge on any atom is 0.331 e. The van der Waals surface area contributed by atoms with Crippen LogP contribution in [0.2, 0.25) is 0 Å². The molecule has 0 atom stereocenters. The van der Waals surface area contributed by atoms with Crippen LogP contribution in [-0.4, -0.2) is 18.5 Å². The summed E-state index contributed by atoms with van der Waals surface area (Å²) >= 11 is 0. The summed E-state index contributed by atoms with van der Waals surface area (Å²) in [5.41, 5.74) is 3.43. The molecule has 3 rings (SSSR count). The van der Waals surface area contributed by atoms with Crippen LogP contribution in [0.3, 0.4) is 0 Å². The Morgan fingerprint density at radius 3 is 2.34 bits per heavy atom. The standard InChI is InChI=1S/C24H20FNO3/c25-21-13-10-18(11-14-21)12-15-24(28)29-17-23(27)26-22-9-5-4-8-20(22)16-19-6-2-1-3-7-19/h1-15H,16-17H2,(H,26,27)/b15-12+. The number of anilines is 1. The van der Waals surface area contributed by atoms with Gasteiger partial charge < -0.3 is 10.1 Å². The fraction of sp³-hybridized carbons (Fsp3) is 0.0833. The third-order valence-electron chi connectivity index (χ3n) is 4.16. The van der Waals surface area contributed by atoms with Gasteiger partial charge >= 0.3 is 5.97 Å². The molecule has 3 aromatic rings. The first-order valence-electron chi connectivity index (χ1n) is 9.12. The molecule has 0 heterocycles. The minimum absolute atomic E-state index is 0.353. The van der Waals surface area contributed by atoms with Crippen molar-refractivity contribution in [3.05, 3.63) is 107 Å². The molecule has 5 heteroatoms. The van der Waals surface area contributed by atoms with Crippen LogP contribution in [0, 0.1) is 5.82 Å². The molecule has 0 bridgehead atoms. The number of amides is 1. The van der Waals surface area contributed by atoms with Crippen molar-refractivity contribution in [1.82, 2.24) is 0 Å². The van der Waals surface area contributed by atoms with E-state index >= 15 is 0 Å². The van der Waals surface area contributed by atoms with Crippen LogP contribution in [0.1, 0.15) is 16.7 Å². The SMILES string of the molecule is O=C(COC(=O)/C=C/c1ccc(F)cc1)Nc1ccccc1Cc1ccccc1. The maximum atomic E-state index is 12.9. The highest BCUT2D eigenvalue weighted by molar-refractivity contribution is 5.95. The van der Waals surface area contributed by atoms with Gasteiger partial charge in [0.1, 0.15) is 5.82 Å². The lowest BCUT2D eigenvalue weighted by Crippen LogP contribution is -2.20. The van der Waals surface area contributed by atoms with Gasteiger partial charge in [-0.05, 0) is 47.4 Å². The Morgan fingerprint density at radius 2 is 1.59 bits per heavy atom. The third-order valence-corrected chi connectivity index (χ3v) is 4.16. The van der Waals surface area contributed by atoms with Crippen molar-refractivity contribution in [2.75, 3.05) is 11.9 Å². The predicted octanol–water partition coefficient (Wildman–Crippen LogP) is 4.61. The molecule has 0 saturated heterocycles. The van der Waals surface area contributed by atoms with Gasteiger partial charge in [0, 0.05) is 11.8 Å². The van der Waals surface area contributed by atoms with Crippen LogP contribution >= 0.6 is 0 Å². The number of esters is 1. The summed E-state index contributed by atoms with van der Waals surface area (Å²) in [6, 6.07) is 23.1. The Bertz CT molecular complexity index is 998. The fourth-order valence-electron chi connectivity index (χ4n) is 2.72. The Labute approximate surface area is 168 Å². The molecule has 29 heavy (non-hydrogen) atoms. The van der Waals surface area contributed by atoms with Crippen molar-refractivity contribution in [1.29, 1.82) is 0 Å². The molecule has 0 aromatic heterocycles. The summed E-state index contributed by atoms with van der Waals surface area (Å²) in [4.78, 5) is 24.0. The largest absolute Gasteiger partial charge is 0.452 e. The second-order valence-corrected chi connectivity index (χ2v) is 6.36. The van der Waals surface area contributed by atoms with E-state index in [1.807, 2.05) is 54.6 Å². The average molecular weight is 389 g/mol. The molecule has 1 amide bonds. The van der Waals surface area contributed by atoms with E-state index < -0.39 is 18.5 Å². The van der Waals surface area contributed by atoms with Gasteiger partial charge in [-0.2, -0.15) is 0 Å². The Kier molecular flexibility index (Phi) is 6.90. The summed E-state index contributed by atoms with van der Waals surface area (Å²) in [5, 5.41) is 2.78. The van der Waals surface area contributed by atoms with Crippen LogP contribution in [0.5, 0.6) is 0 Å². The topological polar surface area (TPSA) is 55.4 Å². The number of ether oxygens (including phenoxy) is 1. The van der Waals surface area contributed by atoms with Crippen LogP contribution in [0.15, 0.2) is 84.9 Å². The molecule has 0 saturated carbocycles. The average Bonchev–Trinajstić information content (AvgIpc) is 2.74. The number of carbonyl (C=O) groups is 2. The molecule has 0 aliphatic heterocycles. The molecule has 4 nitrogen and oxygen atoms in total. The number of carbonyl (C=O) groups excluding carboxylic acids is 2. The van der Waals surface area contributed by atoms with Gasteiger partial charge in [0.05, 0.1) is 0 Å². The normalized spacial score (nSPS) is 10.7. The number of nitrogens with one attached hydrogen (secondary N) is 1. The lowest BCUT2D eigenvalue weighted by molar-refractivity contribution is -0.142. The minimum atomic E-state index is -0.651. The predicted molar refractivity (Wildman–Crippen MR) is 111 cm³/mol. The molecule has 0 fully saturated rings. The molecular weight excluding hydrogens is 369 g/mol. The van der Waals surface area contributed by atoms with Crippen molar-refractivity contribution in [2.24, 2.45) is 0 Å². The van der Waals surface area contributed by atoms with Crippen LogP contribution in [0.4, 0.5) is 10.1 Å². The fourth-order valence-corrected chi connectivity index (χ4v) is 2.72. The van der Waals surface area contributed by atoms with Gasteiger partial charge in [-0.1, -0.05) is 60.7 Å². The van der Waals surface area contributed by atoms with E-state index in [0.29, 0.717) is 17.7 Å². The smallest absolute Gasteiger partial charge is 0.331 e. The number of para-hydroxylation sites is 1. The van der Waals surface area contributed by atoms with E-state index in [4.69, 9.17) is 4.74 Å². The molecule has 0 aliphatic rings. The third kappa shape index (κ3) is 6.43. The van der Waals surface area contributed by atoms with Gasteiger partial charge in [0.2, 0.25) is 0 Å². The summed E-state index contributed by atoms with van der Waals surface area (Å²) < 4.78 is 17.8. The first-order chi connectivity index (χ1) is 14.1. The monoisotopic (exact) mass is 389 g/mol. The maximum absolute atomic E-state index is 12.9.